The van der Waals surface area contributed by atoms with E-state index in [-0.39, 0.29) is 30.7 Å². The van der Waals surface area contributed by atoms with Crippen molar-refractivity contribution >= 4 is 23.4 Å². The van der Waals surface area contributed by atoms with Gasteiger partial charge in [0.2, 0.25) is 5.91 Å². The van der Waals surface area contributed by atoms with Crippen LogP contribution in [0.3, 0.4) is 0 Å². The summed E-state index contributed by atoms with van der Waals surface area (Å²) in [4.78, 5) is 43.5. The van der Waals surface area contributed by atoms with Crippen LogP contribution in [0.4, 0.5) is 5.69 Å². The van der Waals surface area contributed by atoms with E-state index in [2.05, 4.69) is 15.6 Å². The van der Waals surface area contributed by atoms with E-state index in [0.717, 1.165) is 31.5 Å². The van der Waals surface area contributed by atoms with E-state index in [4.69, 9.17) is 0 Å². The fourth-order valence-electron chi connectivity index (χ4n) is 3.57. The minimum Gasteiger partial charge on any atom is -0.351 e. The molecule has 2 heterocycles. The van der Waals surface area contributed by atoms with Crippen molar-refractivity contribution in [3.8, 4) is 0 Å². The topological polar surface area (TPSA) is 91.4 Å². The second-order valence-electron chi connectivity index (χ2n) is 7.49. The van der Waals surface area contributed by atoms with Crippen LogP contribution in [-0.2, 0) is 4.79 Å². The minimum absolute atomic E-state index is 0.0765. The van der Waals surface area contributed by atoms with E-state index in [0.29, 0.717) is 16.8 Å². The number of rotatable bonds is 6. The van der Waals surface area contributed by atoms with Gasteiger partial charge in [-0.3, -0.25) is 19.4 Å². The number of carbonyl (C=O) groups is 3. The van der Waals surface area contributed by atoms with E-state index in [1.807, 2.05) is 17.9 Å². The maximum Gasteiger partial charge on any atom is 0.255 e. The van der Waals surface area contributed by atoms with Crippen LogP contribution in [0.1, 0.15) is 58.4 Å². The molecule has 1 aliphatic heterocycles. The number of benzene rings is 1. The van der Waals surface area contributed by atoms with Crippen molar-refractivity contribution in [2.75, 3.05) is 25.0 Å². The standard InChI is InChI=1S/C23H28N4O3/c1-17-7-6-8-19(21(17)26-22(29)18-9-12-24-13-10-18)23(30)25-14-11-20(28)27-15-4-2-3-5-16-27/h6-10,12-13H,2-5,11,14-16H2,1H3,(H,25,30)(H,26,29). The molecular formula is C23H28N4O3. The Morgan fingerprint density at radius 3 is 2.37 bits per heavy atom. The Hall–Kier alpha value is -3.22. The summed E-state index contributed by atoms with van der Waals surface area (Å²) in [5.74, 6) is -0.544. The van der Waals surface area contributed by atoms with Gasteiger partial charge in [0.1, 0.15) is 0 Å². The van der Waals surface area contributed by atoms with E-state index < -0.39 is 0 Å². The molecule has 1 fully saturated rings. The molecule has 2 N–H and O–H groups in total. The number of nitrogens with one attached hydrogen (secondary N) is 2. The smallest absolute Gasteiger partial charge is 0.255 e. The monoisotopic (exact) mass is 408 g/mol. The highest BCUT2D eigenvalue weighted by Crippen LogP contribution is 2.21. The normalized spacial score (nSPS) is 14.0. The van der Waals surface area contributed by atoms with Gasteiger partial charge in [-0.1, -0.05) is 25.0 Å². The molecule has 30 heavy (non-hydrogen) atoms. The number of likely N-dealkylation sites (tertiary alicyclic amines) is 1. The number of hydrogen-bond acceptors (Lipinski definition) is 4. The van der Waals surface area contributed by atoms with E-state index >= 15 is 0 Å². The highest BCUT2D eigenvalue weighted by atomic mass is 16.2. The molecule has 0 atom stereocenters. The van der Waals surface area contributed by atoms with Gasteiger partial charge >= 0.3 is 0 Å². The highest BCUT2D eigenvalue weighted by molar-refractivity contribution is 6.09. The first kappa shape index (κ1) is 21.5. The second kappa shape index (κ2) is 10.5. The summed E-state index contributed by atoms with van der Waals surface area (Å²) in [6.45, 7) is 3.70. The first-order valence-electron chi connectivity index (χ1n) is 10.4. The fourth-order valence-corrected chi connectivity index (χ4v) is 3.57. The lowest BCUT2D eigenvalue weighted by molar-refractivity contribution is -0.131. The summed E-state index contributed by atoms with van der Waals surface area (Å²) < 4.78 is 0. The van der Waals surface area contributed by atoms with Crippen LogP contribution >= 0.6 is 0 Å². The van der Waals surface area contributed by atoms with Gasteiger partial charge in [-0.05, 0) is 43.5 Å². The first-order valence-corrected chi connectivity index (χ1v) is 10.4. The van der Waals surface area contributed by atoms with Crippen LogP contribution < -0.4 is 10.6 Å². The average Bonchev–Trinajstić information content (AvgIpc) is 3.05. The van der Waals surface area contributed by atoms with Gasteiger partial charge in [0.25, 0.3) is 11.8 Å². The van der Waals surface area contributed by atoms with Crippen molar-refractivity contribution in [1.82, 2.24) is 15.2 Å². The predicted molar refractivity (Wildman–Crippen MR) is 115 cm³/mol. The molecule has 3 rings (SSSR count). The number of pyridine rings is 1. The zero-order chi connectivity index (χ0) is 21.3. The third-order valence-corrected chi connectivity index (χ3v) is 5.28. The summed E-state index contributed by atoms with van der Waals surface area (Å²) in [6, 6.07) is 8.50. The van der Waals surface area contributed by atoms with Crippen molar-refractivity contribution in [3.63, 3.8) is 0 Å². The molecular weight excluding hydrogens is 380 g/mol. The number of nitrogens with zero attached hydrogens (tertiary/aromatic N) is 2. The number of carbonyl (C=O) groups excluding carboxylic acids is 3. The van der Waals surface area contributed by atoms with Crippen LogP contribution in [0, 0.1) is 6.92 Å². The number of anilines is 1. The molecule has 0 spiro atoms. The quantitative estimate of drug-likeness (QED) is 0.768. The molecule has 0 radical (unpaired) electrons. The minimum atomic E-state index is -0.313. The summed E-state index contributed by atoms with van der Waals surface area (Å²) in [5.41, 5.74) is 2.09. The van der Waals surface area contributed by atoms with Crippen molar-refractivity contribution in [2.45, 2.75) is 39.0 Å². The van der Waals surface area contributed by atoms with Crippen LogP contribution in [-0.4, -0.2) is 47.2 Å². The Morgan fingerprint density at radius 2 is 1.67 bits per heavy atom. The number of aromatic nitrogens is 1. The SMILES string of the molecule is Cc1cccc(C(=O)NCCC(=O)N2CCCCCC2)c1NC(=O)c1ccncc1. The Bertz CT molecular complexity index is 891. The number of hydrogen-bond donors (Lipinski definition) is 2. The zero-order valence-corrected chi connectivity index (χ0v) is 17.3. The molecule has 2 aromatic rings. The Morgan fingerprint density at radius 1 is 0.967 bits per heavy atom. The Balaban J connectivity index is 1.61. The van der Waals surface area contributed by atoms with Crippen molar-refractivity contribution in [3.05, 3.63) is 59.4 Å². The fraction of sp³-hybridized carbons (Fsp3) is 0.391. The lowest BCUT2D eigenvalue weighted by atomic mass is 10.1. The Labute approximate surface area is 176 Å². The third kappa shape index (κ3) is 5.65. The van der Waals surface area contributed by atoms with Gasteiger partial charge in [0.15, 0.2) is 0 Å². The van der Waals surface area contributed by atoms with Crippen molar-refractivity contribution in [2.24, 2.45) is 0 Å². The van der Waals surface area contributed by atoms with Crippen LogP contribution in [0.2, 0.25) is 0 Å². The molecule has 0 unspecified atom stereocenters. The molecule has 7 heteroatoms. The molecule has 0 aliphatic carbocycles. The van der Waals surface area contributed by atoms with E-state index in [1.54, 1.807) is 36.7 Å². The van der Waals surface area contributed by atoms with Gasteiger partial charge in [-0.25, -0.2) is 0 Å². The van der Waals surface area contributed by atoms with Crippen LogP contribution in [0.5, 0.6) is 0 Å². The van der Waals surface area contributed by atoms with Gasteiger partial charge in [0, 0.05) is 44.0 Å². The van der Waals surface area contributed by atoms with Crippen LogP contribution in [0.25, 0.3) is 0 Å². The lowest BCUT2D eigenvalue weighted by Crippen LogP contribution is -2.35. The maximum atomic E-state index is 12.8. The summed E-state index contributed by atoms with van der Waals surface area (Å²) in [7, 11) is 0. The molecule has 3 amide bonds. The zero-order valence-electron chi connectivity index (χ0n) is 17.3. The maximum absolute atomic E-state index is 12.8. The van der Waals surface area contributed by atoms with E-state index in [9.17, 15) is 14.4 Å². The van der Waals surface area contributed by atoms with Gasteiger partial charge in [0.05, 0.1) is 11.3 Å². The average molecular weight is 409 g/mol. The molecule has 1 aromatic heterocycles. The highest BCUT2D eigenvalue weighted by Gasteiger charge is 2.18. The molecule has 1 saturated heterocycles. The molecule has 1 aromatic carbocycles. The molecule has 7 nitrogen and oxygen atoms in total. The number of aryl methyl sites for hydroxylation is 1. The van der Waals surface area contributed by atoms with Crippen molar-refractivity contribution in [1.29, 1.82) is 0 Å². The van der Waals surface area contributed by atoms with Gasteiger partial charge < -0.3 is 15.5 Å². The number of amides is 3. The first-order chi connectivity index (χ1) is 14.6. The summed E-state index contributed by atoms with van der Waals surface area (Å²) in [5, 5.41) is 5.65. The van der Waals surface area contributed by atoms with E-state index in [1.165, 1.54) is 12.8 Å². The van der Waals surface area contributed by atoms with Gasteiger partial charge in [-0.15, -0.1) is 0 Å². The Kier molecular flexibility index (Phi) is 7.54. The molecule has 1 aliphatic rings. The predicted octanol–water partition coefficient (Wildman–Crippen LogP) is 3.16. The second-order valence-corrected chi connectivity index (χ2v) is 7.49. The third-order valence-electron chi connectivity index (χ3n) is 5.28. The van der Waals surface area contributed by atoms with Gasteiger partial charge in [-0.2, -0.15) is 0 Å². The molecule has 0 bridgehead atoms. The lowest BCUT2D eigenvalue weighted by Gasteiger charge is -2.20. The van der Waals surface area contributed by atoms with Crippen molar-refractivity contribution < 1.29 is 14.4 Å². The molecule has 158 valence electrons. The number of para-hydroxylation sites is 1. The summed E-state index contributed by atoms with van der Waals surface area (Å²) in [6.07, 6.45) is 7.78. The summed E-state index contributed by atoms with van der Waals surface area (Å²) >= 11 is 0. The van der Waals surface area contributed by atoms with Crippen LogP contribution in [0.15, 0.2) is 42.7 Å². The molecule has 0 saturated carbocycles. The largest absolute Gasteiger partial charge is 0.351 e.